The maximum absolute atomic E-state index is 4.32. The first kappa shape index (κ1) is 10.9. The van der Waals surface area contributed by atoms with Gasteiger partial charge in [0.1, 0.15) is 0 Å². The van der Waals surface area contributed by atoms with Crippen molar-refractivity contribution in [3.63, 3.8) is 0 Å². The van der Waals surface area contributed by atoms with Crippen LogP contribution in [0.15, 0.2) is 0 Å². The van der Waals surface area contributed by atoms with E-state index in [1.807, 2.05) is 0 Å². The number of nitrogens with one attached hydrogen (secondary N) is 2. The molecule has 0 fully saturated rings. The second kappa shape index (κ2) is 9.88. The van der Waals surface area contributed by atoms with Crippen LogP contribution in [-0.4, -0.2) is 39.3 Å². The molecule has 3 nitrogen and oxygen atoms in total. The molecule has 3 heteroatoms. The minimum absolute atomic E-state index is 0.944. The smallest absolute Gasteiger partial charge is 0.0259 e. The van der Waals surface area contributed by atoms with E-state index >= 15 is 0 Å². The molecule has 0 saturated carbocycles. The van der Waals surface area contributed by atoms with Crippen LogP contribution in [0.2, 0.25) is 0 Å². The fourth-order valence-electron chi connectivity index (χ4n) is 0.782. The highest BCUT2D eigenvalue weighted by Gasteiger charge is 1.86. The number of hydrogen-bond acceptors (Lipinski definition) is 2. The molecule has 0 bridgehead atoms. The zero-order valence-electron chi connectivity index (χ0n) is 7.69. The van der Waals surface area contributed by atoms with E-state index in [0.717, 1.165) is 39.3 Å². The number of likely N-dealkylation sites (N-methyl/N-ethyl adjacent to an activating group) is 2. The summed E-state index contributed by atoms with van der Waals surface area (Å²) in [5.41, 5.74) is 0. The Morgan fingerprint density at radius 1 is 0.909 bits per heavy atom. The minimum Gasteiger partial charge on any atom is -0.316 e. The van der Waals surface area contributed by atoms with Crippen LogP contribution < -0.4 is 16.0 Å². The van der Waals surface area contributed by atoms with Gasteiger partial charge in [-0.3, -0.25) is 0 Å². The molecule has 0 heterocycles. The molecule has 0 aliphatic heterocycles. The van der Waals surface area contributed by atoms with Gasteiger partial charge in [0, 0.05) is 26.2 Å². The Kier molecular flexibility index (Phi) is 9.77. The van der Waals surface area contributed by atoms with Crippen LogP contribution in [0.3, 0.4) is 0 Å². The predicted molar refractivity (Wildman–Crippen MR) is 49.0 cm³/mol. The zero-order chi connectivity index (χ0) is 8.36. The topological polar surface area (TPSA) is 38.2 Å². The summed E-state index contributed by atoms with van der Waals surface area (Å²) in [4.78, 5) is 0. The molecule has 0 atom stereocenters. The third-order valence-corrected chi connectivity index (χ3v) is 1.39. The van der Waals surface area contributed by atoms with Gasteiger partial charge in [0.2, 0.25) is 0 Å². The lowest BCUT2D eigenvalue weighted by atomic mass is 10.5. The van der Waals surface area contributed by atoms with E-state index < -0.39 is 0 Å². The van der Waals surface area contributed by atoms with Crippen LogP contribution in [0.4, 0.5) is 0 Å². The minimum atomic E-state index is 0.944. The average molecular weight is 158 g/mol. The molecule has 0 saturated heterocycles. The van der Waals surface area contributed by atoms with Crippen molar-refractivity contribution in [3.05, 3.63) is 0 Å². The first-order valence-corrected chi connectivity index (χ1v) is 4.46. The lowest BCUT2D eigenvalue weighted by Gasteiger charge is -2.02. The Labute approximate surface area is 69.9 Å². The third kappa shape index (κ3) is 9.88. The number of hydrogen-bond donors (Lipinski definition) is 2. The van der Waals surface area contributed by atoms with Crippen LogP contribution in [0.25, 0.3) is 0 Å². The molecule has 0 aliphatic carbocycles. The van der Waals surface area contributed by atoms with Crippen molar-refractivity contribution in [3.8, 4) is 0 Å². The molecule has 2 N–H and O–H groups in total. The second-order valence-corrected chi connectivity index (χ2v) is 2.38. The Hall–Kier alpha value is -0.120. The monoisotopic (exact) mass is 158 g/mol. The Bertz CT molecular complexity index is 58.4. The first-order chi connectivity index (χ1) is 5.41. The Balaban J connectivity index is 2.69. The highest BCUT2D eigenvalue weighted by Crippen LogP contribution is 1.63. The molecule has 1 radical (unpaired) electrons. The van der Waals surface area contributed by atoms with Crippen LogP contribution in [0, 0.1) is 0 Å². The van der Waals surface area contributed by atoms with Gasteiger partial charge < -0.3 is 10.6 Å². The van der Waals surface area contributed by atoms with Crippen molar-refractivity contribution < 1.29 is 0 Å². The van der Waals surface area contributed by atoms with Crippen molar-refractivity contribution in [2.24, 2.45) is 0 Å². The molecule has 0 aliphatic rings. The highest BCUT2D eigenvalue weighted by molar-refractivity contribution is 4.51. The molecule has 0 aromatic rings. The maximum Gasteiger partial charge on any atom is 0.0259 e. The van der Waals surface area contributed by atoms with E-state index in [4.69, 9.17) is 0 Å². The SMILES string of the molecule is CCNCC[N]CCNCC. The standard InChI is InChI=1S/C8H20N3/c1-3-9-5-7-11-8-6-10-4-2/h9-10H,3-8H2,1-2H3. The van der Waals surface area contributed by atoms with Gasteiger partial charge in [0.15, 0.2) is 0 Å². The van der Waals surface area contributed by atoms with Crippen molar-refractivity contribution >= 4 is 0 Å². The Morgan fingerprint density at radius 2 is 1.36 bits per heavy atom. The second-order valence-electron chi connectivity index (χ2n) is 2.38. The summed E-state index contributed by atoms with van der Waals surface area (Å²) in [5, 5.41) is 10.8. The summed E-state index contributed by atoms with van der Waals surface area (Å²) in [6.07, 6.45) is 0. The summed E-state index contributed by atoms with van der Waals surface area (Å²) >= 11 is 0. The fourth-order valence-corrected chi connectivity index (χ4v) is 0.782. The molecule has 0 rings (SSSR count). The van der Waals surface area contributed by atoms with Gasteiger partial charge in [-0.05, 0) is 13.1 Å². The van der Waals surface area contributed by atoms with Crippen molar-refractivity contribution in [2.75, 3.05) is 39.3 Å². The van der Waals surface area contributed by atoms with Crippen LogP contribution in [0.5, 0.6) is 0 Å². The van der Waals surface area contributed by atoms with Crippen LogP contribution >= 0.6 is 0 Å². The molecular weight excluding hydrogens is 138 g/mol. The van der Waals surface area contributed by atoms with Gasteiger partial charge in [0.05, 0.1) is 0 Å². The average Bonchev–Trinajstić information content (AvgIpc) is 2.03. The van der Waals surface area contributed by atoms with E-state index in [9.17, 15) is 0 Å². The summed E-state index contributed by atoms with van der Waals surface area (Å²) in [6.45, 7) is 10.2. The van der Waals surface area contributed by atoms with E-state index in [2.05, 4.69) is 29.8 Å². The molecule has 67 valence electrons. The van der Waals surface area contributed by atoms with Gasteiger partial charge in [0.25, 0.3) is 0 Å². The van der Waals surface area contributed by atoms with E-state index in [1.54, 1.807) is 0 Å². The molecule has 0 aromatic carbocycles. The van der Waals surface area contributed by atoms with E-state index in [0.29, 0.717) is 0 Å². The quantitative estimate of drug-likeness (QED) is 0.481. The van der Waals surface area contributed by atoms with Gasteiger partial charge in [-0.1, -0.05) is 13.8 Å². The van der Waals surface area contributed by atoms with Crippen LogP contribution in [0.1, 0.15) is 13.8 Å². The molecular formula is C8H20N3. The van der Waals surface area contributed by atoms with Gasteiger partial charge in [-0.2, -0.15) is 0 Å². The van der Waals surface area contributed by atoms with E-state index in [-0.39, 0.29) is 0 Å². The summed E-state index contributed by atoms with van der Waals surface area (Å²) in [7, 11) is 0. The Morgan fingerprint density at radius 3 is 1.73 bits per heavy atom. The lowest BCUT2D eigenvalue weighted by molar-refractivity contribution is 0.588. The van der Waals surface area contributed by atoms with Crippen molar-refractivity contribution in [2.45, 2.75) is 13.8 Å². The molecule has 11 heavy (non-hydrogen) atoms. The first-order valence-electron chi connectivity index (χ1n) is 4.46. The van der Waals surface area contributed by atoms with Gasteiger partial charge in [-0.25, -0.2) is 5.32 Å². The van der Waals surface area contributed by atoms with E-state index in [1.165, 1.54) is 0 Å². The van der Waals surface area contributed by atoms with Crippen LogP contribution in [-0.2, 0) is 0 Å². The third-order valence-electron chi connectivity index (χ3n) is 1.39. The lowest BCUT2D eigenvalue weighted by Crippen LogP contribution is -2.28. The van der Waals surface area contributed by atoms with Crippen molar-refractivity contribution in [1.29, 1.82) is 0 Å². The molecule has 0 aromatic heterocycles. The highest BCUT2D eigenvalue weighted by atomic mass is 15.0. The normalized spacial score (nSPS) is 10.4. The maximum atomic E-state index is 4.32. The predicted octanol–water partition coefficient (Wildman–Crippen LogP) is -0.190. The summed E-state index contributed by atoms with van der Waals surface area (Å²) < 4.78 is 0. The van der Waals surface area contributed by atoms with Gasteiger partial charge >= 0.3 is 0 Å². The number of nitrogens with zero attached hydrogens (tertiary/aromatic N) is 1. The number of rotatable bonds is 8. The van der Waals surface area contributed by atoms with Gasteiger partial charge in [-0.15, -0.1) is 0 Å². The largest absolute Gasteiger partial charge is 0.316 e. The molecule has 0 amide bonds. The zero-order valence-corrected chi connectivity index (χ0v) is 7.69. The molecule has 0 spiro atoms. The summed E-state index contributed by atoms with van der Waals surface area (Å²) in [5.74, 6) is 0. The summed E-state index contributed by atoms with van der Waals surface area (Å²) in [6, 6.07) is 0. The fraction of sp³-hybridized carbons (Fsp3) is 1.00. The van der Waals surface area contributed by atoms with Crippen molar-refractivity contribution in [1.82, 2.24) is 16.0 Å². The molecule has 0 unspecified atom stereocenters.